The van der Waals surface area contributed by atoms with E-state index in [1.54, 1.807) is 13.8 Å². The van der Waals surface area contributed by atoms with E-state index in [9.17, 15) is 4.79 Å². The second kappa shape index (κ2) is 3.87. The maximum atomic E-state index is 11.0. The van der Waals surface area contributed by atoms with Gasteiger partial charge in [-0.3, -0.25) is 4.79 Å². The van der Waals surface area contributed by atoms with Gasteiger partial charge in [0.05, 0.1) is 10.1 Å². The Morgan fingerprint density at radius 3 is 2.94 bits per heavy atom. The molecule has 1 N–H and O–H groups in total. The molecule has 1 heterocycles. The number of aliphatic carboxylic acids is 1. The molecule has 2 rings (SSSR count). The lowest BCUT2D eigenvalue weighted by Crippen LogP contribution is -2.26. The van der Waals surface area contributed by atoms with E-state index in [-0.39, 0.29) is 0 Å². The van der Waals surface area contributed by atoms with Crippen molar-refractivity contribution >= 4 is 27.6 Å². The molecule has 2 aromatic rings. The number of fused-ring (bicyclic) bond motifs is 1. The molecule has 0 fully saturated rings. The Morgan fingerprint density at radius 2 is 2.25 bits per heavy atom. The summed E-state index contributed by atoms with van der Waals surface area (Å²) in [5, 5.41) is 10.2. The first-order valence-electron chi connectivity index (χ1n) is 5.06. The Balaban J connectivity index is 2.30. The molecule has 16 heavy (non-hydrogen) atoms. The van der Waals surface area contributed by atoms with Crippen molar-refractivity contribution < 1.29 is 9.90 Å². The molecular formula is C12H13NO2S. The number of hydrogen-bond acceptors (Lipinski definition) is 3. The van der Waals surface area contributed by atoms with Gasteiger partial charge in [0.25, 0.3) is 0 Å². The van der Waals surface area contributed by atoms with Crippen molar-refractivity contribution in [1.82, 2.24) is 4.37 Å². The van der Waals surface area contributed by atoms with E-state index in [0.717, 1.165) is 15.6 Å². The van der Waals surface area contributed by atoms with Gasteiger partial charge in [0.15, 0.2) is 0 Å². The van der Waals surface area contributed by atoms with Crippen LogP contribution in [0.15, 0.2) is 24.4 Å². The average molecular weight is 235 g/mol. The highest BCUT2D eigenvalue weighted by Gasteiger charge is 2.27. The van der Waals surface area contributed by atoms with Gasteiger partial charge >= 0.3 is 5.97 Å². The first-order valence-corrected chi connectivity index (χ1v) is 5.83. The van der Waals surface area contributed by atoms with Gasteiger partial charge in [-0.25, -0.2) is 0 Å². The van der Waals surface area contributed by atoms with Gasteiger partial charge in [-0.15, -0.1) is 0 Å². The number of aromatic nitrogens is 1. The zero-order valence-electron chi connectivity index (χ0n) is 9.23. The summed E-state index contributed by atoms with van der Waals surface area (Å²) in [5.74, 6) is -0.768. The monoisotopic (exact) mass is 235 g/mol. The van der Waals surface area contributed by atoms with Gasteiger partial charge in [0, 0.05) is 11.6 Å². The first kappa shape index (κ1) is 11.1. The highest BCUT2D eigenvalue weighted by Crippen LogP contribution is 2.25. The highest BCUT2D eigenvalue weighted by atomic mass is 32.1. The van der Waals surface area contributed by atoms with Gasteiger partial charge < -0.3 is 5.11 Å². The number of benzene rings is 1. The number of nitrogens with zero attached hydrogens (tertiary/aromatic N) is 1. The Kier molecular flexibility index (Phi) is 2.68. The molecule has 0 aliphatic rings. The minimum Gasteiger partial charge on any atom is -0.481 e. The van der Waals surface area contributed by atoms with E-state index in [1.165, 1.54) is 11.5 Å². The first-order chi connectivity index (χ1) is 7.49. The largest absolute Gasteiger partial charge is 0.481 e. The fourth-order valence-corrected chi connectivity index (χ4v) is 2.24. The Morgan fingerprint density at radius 1 is 1.50 bits per heavy atom. The summed E-state index contributed by atoms with van der Waals surface area (Å²) in [5.41, 5.74) is 0.317. The lowest BCUT2D eigenvalue weighted by Gasteiger charge is -2.18. The van der Waals surface area contributed by atoms with Crippen LogP contribution in [0, 0.1) is 5.41 Å². The maximum Gasteiger partial charge on any atom is 0.309 e. The molecule has 4 heteroatoms. The average Bonchev–Trinajstić information content (AvgIpc) is 2.63. The number of carboxylic acid groups (broad SMARTS) is 1. The summed E-state index contributed by atoms with van der Waals surface area (Å²) in [7, 11) is 0. The van der Waals surface area contributed by atoms with Crippen LogP contribution >= 0.6 is 11.5 Å². The fraction of sp³-hybridized carbons (Fsp3) is 0.333. The number of hydrogen-bond donors (Lipinski definition) is 1. The quantitative estimate of drug-likeness (QED) is 0.889. The topological polar surface area (TPSA) is 50.2 Å². The van der Waals surface area contributed by atoms with Crippen molar-refractivity contribution in [2.45, 2.75) is 20.3 Å². The maximum absolute atomic E-state index is 11.0. The molecule has 0 saturated carbocycles. The van der Waals surface area contributed by atoms with Crippen molar-refractivity contribution in [3.63, 3.8) is 0 Å². The highest BCUT2D eigenvalue weighted by molar-refractivity contribution is 7.13. The Hall–Kier alpha value is -1.42. The van der Waals surface area contributed by atoms with Crippen molar-refractivity contribution in [2.24, 2.45) is 5.41 Å². The molecular weight excluding hydrogens is 222 g/mol. The Labute approximate surface area is 97.9 Å². The van der Waals surface area contributed by atoms with Crippen LogP contribution in [0.25, 0.3) is 10.1 Å². The number of carbonyl (C=O) groups is 1. The summed E-state index contributed by atoms with van der Waals surface area (Å²) in [6, 6.07) is 6.00. The van der Waals surface area contributed by atoms with Gasteiger partial charge in [-0.1, -0.05) is 6.07 Å². The third kappa shape index (κ3) is 2.07. The second-order valence-electron chi connectivity index (χ2n) is 4.56. The van der Waals surface area contributed by atoms with Crippen LogP contribution in [0.4, 0.5) is 0 Å². The van der Waals surface area contributed by atoms with Crippen LogP contribution in [0.1, 0.15) is 19.4 Å². The third-order valence-corrected chi connectivity index (χ3v) is 3.42. The van der Waals surface area contributed by atoms with Crippen LogP contribution in [-0.4, -0.2) is 15.4 Å². The number of rotatable bonds is 3. The molecule has 84 valence electrons. The lowest BCUT2D eigenvalue weighted by molar-refractivity contribution is -0.146. The van der Waals surface area contributed by atoms with E-state index in [1.807, 2.05) is 24.4 Å². The van der Waals surface area contributed by atoms with Crippen molar-refractivity contribution in [3.8, 4) is 0 Å². The molecule has 0 atom stereocenters. The summed E-state index contributed by atoms with van der Waals surface area (Å²) in [4.78, 5) is 11.0. The molecule has 0 aliphatic heterocycles. The van der Waals surface area contributed by atoms with E-state index in [2.05, 4.69) is 4.37 Å². The van der Waals surface area contributed by atoms with Crippen LogP contribution in [0.5, 0.6) is 0 Å². The van der Waals surface area contributed by atoms with Crippen LogP contribution in [0.3, 0.4) is 0 Å². The fourth-order valence-electron chi connectivity index (χ4n) is 1.62. The molecule has 0 unspecified atom stereocenters. The summed E-state index contributed by atoms with van der Waals surface area (Å²) in [6.07, 6.45) is 2.35. The number of carboxylic acids is 1. The molecule has 0 saturated heterocycles. The molecule has 0 spiro atoms. The van der Waals surface area contributed by atoms with Crippen molar-refractivity contribution in [3.05, 3.63) is 30.0 Å². The zero-order valence-corrected chi connectivity index (χ0v) is 10.0. The lowest BCUT2D eigenvalue weighted by atomic mass is 9.86. The van der Waals surface area contributed by atoms with Crippen LogP contribution in [-0.2, 0) is 11.2 Å². The summed E-state index contributed by atoms with van der Waals surface area (Å²) < 4.78 is 5.24. The van der Waals surface area contributed by atoms with Crippen LogP contribution in [0.2, 0.25) is 0 Å². The van der Waals surface area contributed by atoms with Gasteiger partial charge in [0.2, 0.25) is 0 Å². The third-order valence-electron chi connectivity index (χ3n) is 2.64. The molecule has 0 bridgehead atoms. The van der Waals surface area contributed by atoms with E-state index in [0.29, 0.717) is 6.42 Å². The predicted octanol–water partition coefficient (Wildman–Crippen LogP) is 2.95. The molecule has 1 aromatic heterocycles. The second-order valence-corrected chi connectivity index (χ2v) is 5.40. The Bertz CT molecular complexity index is 531. The predicted molar refractivity (Wildman–Crippen MR) is 64.7 cm³/mol. The van der Waals surface area contributed by atoms with E-state index < -0.39 is 11.4 Å². The minimum atomic E-state index is -0.768. The minimum absolute atomic E-state index is 0.536. The summed E-state index contributed by atoms with van der Waals surface area (Å²) >= 11 is 1.45. The molecule has 1 aromatic carbocycles. The summed E-state index contributed by atoms with van der Waals surface area (Å²) in [6.45, 7) is 3.48. The van der Waals surface area contributed by atoms with Gasteiger partial charge in [-0.2, -0.15) is 4.37 Å². The van der Waals surface area contributed by atoms with Gasteiger partial charge in [0.1, 0.15) is 0 Å². The molecule has 0 aliphatic carbocycles. The van der Waals surface area contributed by atoms with Gasteiger partial charge in [-0.05, 0) is 49.5 Å². The van der Waals surface area contributed by atoms with E-state index >= 15 is 0 Å². The SMILES string of the molecule is CC(C)(Cc1ccc2sncc2c1)C(=O)O. The molecule has 0 radical (unpaired) electrons. The normalized spacial score (nSPS) is 11.9. The standard InChI is InChI=1S/C12H13NO2S/c1-12(2,11(14)15)6-8-3-4-10-9(5-8)7-13-16-10/h3-5,7H,6H2,1-2H3,(H,14,15). The molecule has 0 amide bonds. The van der Waals surface area contributed by atoms with Crippen LogP contribution < -0.4 is 0 Å². The molecule has 3 nitrogen and oxygen atoms in total. The van der Waals surface area contributed by atoms with E-state index in [4.69, 9.17) is 5.11 Å². The van der Waals surface area contributed by atoms with Crippen molar-refractivity contribution in [1.29, 1.82) is 0 Å². The zero-order chi connectivity index (χ0) is 11.8. The van der Waals surface area contributed by atoms with Crippen molar-refractivity contribution in [2.75, 3.05) is 0 Å². The smallest absolute Gasteiger partial charge is 0.309 e.